The fourth-order valence-corrected chi connectivity index (χ4v) is 2.36. The predicted molar refractivity (Wildman–Crippen MR) is 71.2 cm³/mol. The van der Waals surface area contributed by atoms with Gasteiger partial charge in [-0.25, -0.2) is 4.39 Å². The molecule has 1 saturated heterocycles. The number of nitrogens with two attached hydrogens (primary N) is 1. The Labute approximate surface area is 110 Å². The number of piperidine rings is 1. The first kappa shape index (κ1) is 12.1. The van der Waals surface area contributed by atoms with Crippen LogP contribution in [0.25, 0.3) is 11.4 Å². The maximum Gasteiger partial charge on any atom is 0.245 e. The second-order valence-electron chi connectivity index (χ2n) is 4.81. The Morgan fingerprint density at radius 1 is 1.37 bits per heavy atom. The van der Waals surface area contributed by atoms with Crippen LogP contribution in [0.15, 0.2) is 24.3 Å². The molecule has 1 aliphatic heterocycles. The molecule has 100 valence electrons. The second-order valence-corrected chi connectivity index (χ2v) is 4.81. The summed E-state index contributed by atoms with van der Waals surface area (Å²) in [7, 11) is 0. The summed E-state index contributed by atoms with van der Waals surface area (Å²) < 4.78 is 13.7. The fraction of sp³-hybridized carbons (Fsp3) is 0.385. The smallest absolute Gasteiger partial charge is 0.245 e. The number of nitrogens with one attached hydrogen (secondary N) is 1. The Hall–Kier alpha value is -1.95. The van der Waals surface area contributed by atoms with Gasteiger partial charge in [-0.1, -0.05) is 12.1 Å². The monoisotopic (exact) mass is 261 g/mol. The summed E-state index contributed by atoms with van der Waals surface area (Å²) in [5.41, 5.74) is 6.37. The zero-order valence-corrected chi connectivity index (χ0v) is 10.5. The molecule has 2 aromatic rings. The van der Waals surface area contributed by atoms with Crippen molar-refractivity contribution in [2.45, 2.75) is 18.9 Å². The van der Waals surface area contributed by atoms with E-state index < -0.39 is 0 Å². The highest BCUT2D eigenvalue weighted by Crippen LogP contribution is 2.22. The summed E-state index contributed by atoms with van der Waals surface area (Å²) in [5, 5.41) is 6.95. The number of anilines is 1. The molecule has 2 heterocycles. The Morgan fingerprint density at radius 2 is 2.21 bits per heavy atom. The summed E-state index contributed by atoms with van der Waals surface area (Å²) in [6.07, 6.45) is 2.06. The number of hydrogen-bond acceptors (Lipinski definition) is 4. The summed E-state index contributed by atoms with van der Waals surface area (Å²) in [6.45, 7) is 1.64. The molecule has 1 aliphatic rings. The molecule has 0 aliphatic carbocycles. The van der Waals surface area contributed by atoms with E-state index in [1.54, 1.807) is 18.2 Å². The summed E-state index contributed by atoms with van der Waals surface area (Å²) in [5.74, 6) is 0.737. The highest BCUT2D eigenvalue weighted by molar-refractivity contribution is 5.57. The first-order valence-electron chi connectivity index (χ1n) is 6.42. The van der Waals surface area contributed by atoms with Crippen LogP contribution in [-0.4, -0.2) is 34.3 Å². The van der Waals surface area contributed by atoms with E-state index >= 15 is 0 Å². The van der Waals surface area contributed by atoms with E-state index in [4.69, 9.17) is 5.73 Å². The van der Waals surface area contributed by atoms with Gasteiger partial charge in [0.2, 0.25) is 5.95 Å². The molecule has 0 bridgehead atoms. The van der Waals surface area contributed by atoms with Crippen LogP contribution in [0.2, 0.25) is 0 Å². The molecule has 1 aromatic heterocycles. The molecule has 1 fully saturated rings. The number of halogens is 1. The molecule has 0 spiro atoms. The average Bonchev–Trinajstić information content (AvgIpc) is 2.89. The molecular formula is C13H16FN5. The molecular weight excluding hydrogens is 245 g/mol. The molecule has 0 saturated carbocycles. The van der Waals surface area contributed by atoms with Gasteiger partial charge in [-0.05, 0) is 25.0 Å². The first-order valence-corrected chi connectivity index (χ1v) is 6.42. The average molecular weight is 261 g/mol. The molecule has 0 radical (unpaired) electrons. The van der Waals surface area contributed by atoms with Crippen LogP contribution in [0.4, 0.5) is 10.3 Å². The minimum absolute atomic E-state index is 0.157. The molecule has 1 aromatic carbocycles. The van der Waals surface area contributed by atoms with Crippen molar-refractivity contribution in [2.24, 2.45) is 5.73 Å². The van der Waals surface area contributed by atoms with Crippen molar-refractivity contribution in [3.8, 4) is 11.4 Å². The molecule has 1 unspecified atom stereocenters. The zero-order valence-electron chi connectivity index (χ0n) is 10.5. The Kier molecular flexibility index (Phi) is 3.16. The number of aromatic nitrogens is 3. The Balaban J connectivity index is 1.85. The molecule has 6 heteroatoms. The molecule has 1 atom stereocenters. The van der Waals surface area contributed by atoms with Gasteiger partial charge in [0.15, 0.2) is 5.82 Å². The molecule has 5 nitrogen and oxygen atoms in total. The predicted octanol–water partition coefficient (Wildman–Crippen LogP) is 1.54. The van der Waals surface area contributed by atoms with Crippen LogP contribution >= 0.6 is 0 Å². The van der Waals surface area contributed by atoms with Crippen molar-refractivity contribution < 1.29 is 4.39 Å². The lowest BCUT2D eigenvalue weighted by atomic mass is 10.1. The van der Waals surface area contributed by atoms with Crippen molar-refractivity contribution in [1.29, 1.82) is 0 Å². The number of nitrogens with zero attached hydrogens (tertiary/aromatic N) is 3. The lowest BCUT2D eigenvalue weighted by Crippen LogP contribution is -2.43. The van der Waals surface area contributed by atoms with Crippen LogP contribution in [0.5, 0.6) is 0 Å². The maximum absolute atomic E-state index is 13.7. The fourth-order valence-electron chi connectivity index (χ4n) is 2.36. The van der Waals surface area contributed by atoms with E-state index in [9.17, 15) is 4.39 Å². The quantitative estimate of drug-likeness (QED) is 0.860. The Bertz CT molecular complexity index is 568. The van der Waals surface area contributed by atoms with E-state index in [2.05, 4.69) is 15.2 Å². The van der Waals surface area contributed by atoms with Crippen molar-refractivity contribution in [3.05, 3.63) is 30.1 Å². The zero-order chi connectivity index (χ0) is 13.2. The van der Waals surface area contributed by atoms with Gasteiger partial charge in [-0.2, -0.15) is 4.98 Å². The SMILES string of the molecule is NC1CCCN(c2n[nH]c(-c3ccccc3F)n2)C1. The lowest BCUT2D eigenvalue weighted by Gasteiger charge is -2.29. The van der Waals surface area contributed by atoms with Gasteiger partial charge < -0.3 is 10.6 Å². The van der Waals surface area contributed by atoms with E-state index in [1.807, 2.05) is 4.90 Å². The van der Waals surface area contributed by atoms with Crippen LogP contribution in [0.1, 0.15) is 12.8 Å². The minimum atomic E-state index is -0.305. The van der Waals surface area contributed by atoms with Crippen molar-refractivity contribution in [3.63, 3.8) is 0 Å². The highest BCUT2D eigenvalue weighted by atomic mass is 19.1. The van der Waals surface area contributed by atoms with Gasteiger partial charge in [-0.3, -0.25) is 5.10 Å². The van der Waals surface area contributed by atoms with Crippen LogP contribution < -0.4 is 10.6 Å². The maximum atomic E-state index is 13.7. The summed E-state index contributed by atoms with van der Waals surface area (Å²) in [4.78, 5) is 6.40. The van der Waals surface area contributed by atoms with Gasteiger partial charge >= 0.3 is 0 Å². The van der Waals surface area contributed by atoms with Crippen molar-refractivity contribution in [1.82, 2.24) is 15.2 Å². The number of benzene rings is 1. The first-order chi connectivity index (χ1) is 9.24. The normalized spacial score (nSPS) is 19.7. The highest BCUT2D eigenvalue weighted by Gasteiger charge is 2.20. The third-order valence-corrected chi connectivity index (χ3v) is 3.34. The van der Waals surface area contributed by atoms with Gasteiger partial charge in [0.25, 0.3) is 0 Å². The number of hydrogen-bond donors (Lipinski definition) is 2. The van der Waals surface area contributed by atoms with Crippen LogP contribution in [0, 0.1) is 5.82 Å². The van der Waals surface area contributed by atoms with Crippen molar-refractivity contribution in [2.75, 3.05) is 18.0 Å². The third-order valence-electron chi connectivity index (χ3n) is 3.34. The topological polar surface area (TPSA) is 70.8 Å². The largest absolute Gasteiger partial charge is 0.338 e. The van der Waals surface area contributed by atoms with Gasteiger partial charge in [0, 0.05) is 19.1 Å². The molecule has 3 N–H and O–H groups in total. The lowest BCUT2D eigenvalue weighted by molar-refractivity contribution is 0.500. The van der Waals surface area contributed by atoms with Crippen LogP contribution in [-0.2, 0) is 0 Å². The van der Waals surface area contributed by atoms with Gasteiger partial charge in [-0.15, -0.1) is 5.10 Å². The molecule has 19 heavy (non-hydrogen) atoms. The standard InChI is InChI=1S/C13H16FN5/c14-11-6-2-1-5-10(11)12-16-13(18-17-12)19-7-3-4-9(15)8-19/h1-2,5-6,9H,3-4,7-8,15H2,(H,16,17,18). The number of H-pyrrole nitrogens is 1. The van der Waals surface area contributed by atoms with E-state index in [0.29, 0.717) is 17.3 Å². The summed E-state index contributed by atoms with van der Waals surface area (Å²) >= 11 is 0. The van der Waals surface area contributed by atoms with Crippen molar-refractivity contribution >= 4 is 5.95 Å². The molecule has 0 amide bonds. The second kappa shape index (κ2) is 4.97. The van der Waals surface area contributed by atoms with E-state index in [-0.39, 0.29) is 11.9 Å². The van der Waals surface area contributed by atoms with Crippen LogP contribution in [0.3, 0.4) is 0 Å². The number of rotatable bonds is 2. The minimum Gasteiger partial charge on any atom is -0.338 e. The Morgan fingerprint density at radius 3 is 3.00 bits per heavy atom. The number of aromatic amines is 1. The third kappa shape index (κ3) is 2.44. The van der Waals surface area contributed by atoms with E-state index in [0.717, 1.165) is 25.9 Å². The van der Waals surface area contributed by atoms with E-state index in [1.165, 1.54) is 6.07 Å². The molecule has 3 rings (SSSR count). The van der Waals surface area contributed by atoms with Gasteiger partial charge in [0.1, 0.15) is 5.82 Å². The van der Waals surface area contributed by atoms with Gasteiger partial charge in [0.05, 0.1) is 5.56 Å². The summed E-state index contributed by atoms with van der Waals surface area (Å²) in [6, 6.07) is 6.68.